The number of amides is 1. The van der Waals surface area contributed by atoms with Gasteiger partial charge in [0.15, 0.2) is 0 Å². The second-order valence-electron chi connectivity index (χ2n) is 8.05. The molecule has 0 aromatic carbocycles. The summed E-state index contributed by atoms with van der Waals surface area (Å²) in [6.07, 6.45) is 7.46. The molecule has 1 aromatic heterocycles. The number of carbonyl (C=O) groups excluding carboxylic acids is 1. The van der Waals surface area contributed by atoms with Crippen LogP contribution in [0.5, 0.6) is 0 Å². The van der Waals surface area contributed by atoms with E-state index >= 15 is 0 Å². The smallest absolute Gasteiger partial charge is 0.317 e. The SMILES string of the molecule is O=C(O)CN1CCC2(CC1)OCCc1sc(C(=O)NCCC3CCC3)cc12. The molecule has 0 bridgehead atoms. The first-order chi connectivity index (χ1) is 13.1. The molecule has 1 spiro atoms. The topological polar surface area (TPSA) is 78.9 Å². The first-order valence-electron chi connectivity index (χ1n) is 10.1. The van der Waals surface area contributed by atoms with E-state index in [0.29, 0.717) is 19.7 Å². The van der Waals surface area contributed by atoms with Crippen molar-refractivity contribution in [3.05, 3.63) is 21.4 Å². The number of nitrogens with one attached hydrogen (secondary N) is 1. The van der Waals surface area contributed by atoms with Gasteiger partial charge in [0, 0.05) is 30.9 Å². The summed E-state index contributed by atoms with van der Waals surface area (Å²) in [7, 11) is 0. The van der Waals surface area contributed by atoms with Gasteiger partial charge in [-0.3, -0.25) is 14.5 Å². The lowest BCUT2D eigenvalue weighted by Gasteiger charge is -2.43. The highest BCUT2D eigenvalue weighted by atomic mass is 32.1. The van der Waals surface area contributed by atoms with Crippen LogP contribution in [0.15, 0.2) is 6.07 Å². The summed E-state index contributed by atoms with van der Waals surface area (Å²) in [6, 6.07) is 2.03. The highest BCUT2D eigenvalue weighted by Gasteiger charge is 2.42. The molecule has 1 aromatic rings. The zero-order valence-corrected chi connectivity index (χ0v) is 16.5. The summed E-state index contributed by atoms with van der Waals surface area (Å²) < 4.78 is 6.21. The summed E-state index contributed by atoms with van der Waals surface area (Å²) in [4.78, 5) is 27.5. The molecule has 3 aliphatic rings. The maximum atomic E-state index is 12.6. The molecule has 0 unspecified atom stereocenters. The average molecular weight is 393 g/mol. The van der Waals surface area contributed by atoms with Crippen LogP contribution < -0.4 is 5.32 Å². The second-order valence-corrected chi connectivity index (χ2v) is 9.19. The molecular formula is C20H28N2O4S. The van der Waals surface area contributed by atoms with E-state index in [-0.39, 0.29) is 18.1 Å². The summed E-state index contributed by atoms with van der Waals surface area (Å²) in [5.41, 5.74) is 0.821. The Labute approximate surface area is 163 Å². The van der Waals surface area contributed by atoms with Crippen LogP contribution in [0, 0.1) is 5.92 Å². The van der Waals surface area contributed by atoms with Crippen molar-refractivity contribution < 1.29 is 19.4 Å². The lowest BCUT2D eigenvalue weighted by molar-refractivity contribution is -0.141. The molecule has 2 fully saturated rings. The van der Waals surface area contributed by atoms with Crippen LogP contribution in [0.4, 0.5) is 0 Å². The molecule has 148 valence electrons. The van der Waals surface area contributed by atoms with E-state index in [1.165, 1.54) is 24.1 Å². The van der Waals surface area contributed by atoms with Crippen molar-refractivity contribution >= 4 is 23.2 Å². The van der Waals surface area contributed by atoms with Crippen LogP contribution in [-0.2, 0) is 21.6 Å². The Morgan fingerprint density at radius 3 is 2.78 bits per heavy atom. The highest BCUT2D eigenvalue weighted by Crippen LogP contribution is 2.44. The molecule has 0 atom stereocenters. The lowest BCUT2D eigenvalue weighted by atomic mass is 9.82. The molecule has 3 heterocycles. The van der Waals surface area contributed by atoms with Crippen molar-refractivity contribution in [3.63, 3.8) is 0 Å². The van der Waals surface area contributed by atoms with Crippen molar-refractivity contribution in [2.75, 3.05) is 32.8 Å². The van der Waals surface area contributed by atoms with Crippen LogP contribution >= 0.6 is 11.3 Å². The number of likely N-dealkylation sites (tertiary alicyclic amines) is 1. The molecule has 2 N–H and O–H groups in total. The van der Waals surface area contributed by atoms with Crippen molar-refractivity contribution in [2.24, 2.45) is 5.92 Å². The minimum absolute atomic E-state index is 0.0344. The molecule has 1 saturated carbocycles. The number of rotatable bonds is 6. The van der Waals surface area contributed by atoms with Crippen LogP contribution in [0.3, 0.4) is 0 Å². The van der Waals surface area contributed by atoms with E-state index in [1.807, 2.05) is 11.0 Å². The van der Waals surface area contributed by atoms with Gasteiger partial charge in [0.25, 0.3) is 5.91 Å². The van der Waals surface area contributed by atoms with Crippen LogP contribution in [-0.4, -0.2) is 54.7 Å². The quantitative estimate of drug-likeness (QED) is 0.778. The average Bonchev–Trinajstić information content (AvgIpc) is 3.05. The molecule has 27 heavy (non-hydrogen) atoms. The molecule has 2 aliphatic heterocycles. The number of nitrogens with zero attached hydrogens (tertiary/aromatic N) is 1. The third-order valence-electron chi connectivity index (χ3n) is 6.32. The van der Waals surface area contributed by atoms with Gasteiger partial charge in [-0.05, 0) is 36.8 Å². The zero-order chi connectivity index (χ0) is 18.9. The maximum Gasteiger partial charge on any atom is 0.317 e. The van der Waals surface area contributed by atoms with E-state index in [4.69, 9.17) is 9.84 Å². The monoisotopic (exact) mass is 392 g/mol. The summed E-state index contributed by atoms with van der Waals surface area (Å²) in [5.74, 6) is 0.0503. The molecule has 1 aliphatic carbocycles. The van der Waals surface area contributed by atoms with Crippen molar-refractivity contribution in [3.8, 4) is 0 Å². The van der Waals surface area contributed by atoms with Crippen molar-refractivity contribution in [1.82, 2.24) is 10.2 Å². The van der Waals surface area contributed by atoms with Crippen molar-refractivity contribution in [1.29, 1.82) is 0 Å². The number of hydrogen-bond acceptors (Lipinski definition) is 5. The first kappa shape index (κ1) is 18.9. The minimum atomic E-state index is -0.785. The number of carboxylic acids is 1. The molecule has 7 heteroatoms. The molecule has 6 nitrogen and oxygen atoms in total. The Bertz CT molecular complexity index is 705. The normalized spacial score (nSPS) is 22.2. The second kappa shape index (κ2) is 7.89. The van der Waals surface area contributed by atoms with Gasteiger partial charge in [0.2, 0.25) is 0 Å². The highest BCUT2D eigenvalue weighted by molar-refractivity contribution is 7.14. The summed E-state index contributed by atoms with van der Waals surface area (Å²) >= 11 is 1.60. The van der Waals surface area contributed by atoms with Gasteiger partial charge in [0.05, 0.1) is 23.6 Å². The zero-order valence-electron chi connectivity index (χ0n) is 15.7. The Morgan fingerprint density at radius 2 is 2.11 bits per heavy atom. The van der Waals surface area contributed by atoms with Gasteiger partial charge < -0.3 is 15.2 Å². The fourth-order valence-electron chi connectivity index (χ4n) is 4.46. The molecular weight excluding hydrogens is 364 g/mol. The van der Waals surface area contributed by atoms with Crippen LogP contribution in [0.25, 0.3) is 0 Å². The van der Waals surface area contributed by atoms with Crippen LogP contribution in [0.1, 0.15) is 58.6 Å². The fourth-order valence-corrected chi connectivity index (χ4v) is 5.61. The predicted molar refractivity (Wildman–Crippen MR) is 103 cm³/mol. The van der Waals surface area contributed by atoms with Gasteiger partial charge in [-0.1, -0.05) is 19.3 Å². The number of hydrogen-bond donors (Lipinski definition) is 2. The Hall–Kier alpha value is -1.44. The fraction of sp³-hybridized carbons (Fsp3) is 0.700. The molecule has 1 amide bonds. The molecule has 4 rings (SSSR count). The van der Waals surface area contributed by atoms with Gasteiger partial charge in [-0.2, -0.15) is 0 Å². The largest absolute Gasteiger partial charge is 0.480 e. The van der Waals surface area contributed by atoms with E-state index in [0.717, 1.165) is 48.6 Å². The first-order valence-corrected chi connectivity index (χ1v) is 10.9. The number of ether oxygens (including phenoxy) is 1. The van der Waals surface area contributed by atoms with E-state index in [1.54, 1.807) is 11.3 Å². The number of aliphatic carboxylic acids is 1. The van der Waals surface area contributed by atoms with Crippen molar-refractivity contribution in [2.45, 2.75) is 50.5 Å². The van der Waals surface area contributed by atoms with E-state index < -0.39 is 5.97 Å². The number of thiophene rings is 1. The summed E-state index contributed by atoms with van der Waals surface area (Å²) in [6.45, 7) is 2.95. The molecule has 1 saturated heterocycles. The van der Waals surface area contributed by atoms with Gasteiger partial charge in [0.1, 0.15) is 0 Å². The summed E-state index contributed by atoms with van der Waals surface area (Å²) in [5, 5.41) is 12.1. The van der Waals surface area contributed by atoms with E-state index in [9.17, 15) is 9.59 Å². The predicted octanol–water partition coefficient (Wildman–Crippen LogP) is 2.62. The number of piperidine rings is 1. The Morgan fingerprint density at radius 1 is 1.33 bits per heavy atom. The third-order valence-corrected chi connectivity index (χ3v) is 7.51. The Balaban J connectivity index is 1.40. The van der Waals surface area contributed by atoms with Crippen LogP contribution in [0.2, 0.25) is 0 Å². The lowest BCUT2D eigenvalue weighted by Crippen LogP contribution is -2.47. The van der Waals surface area contributed by atoms with Gasteiger partial charge in [-0.25, -0.2) is 0 Å². The maximum absolute atomic E-state index is 12.6. The van der Waals surface area contributed by atoms with E-state index in [2.05, 4.69) is 5.32 Å². The minimum Gasteiger partial charge on any atom is -0.480 e. The third kappa shape index (κ3) is 4.05. The van der Waals surface area contributed by atoms with Gasteiger partial charge in [-0.15, -0.1) is 11.3 Å². The molecule has 0 radical (unpaired) electrons. The Kier molecular flexibility index (Phi) is 5.53. The number of carbonyl (C=O) groups is 2. The van der Waals surface area contributed by atoms with Gasteiger partial charge >= 0.3 is 5.97 Å². The number of fused-ring (bicyclic) bond motifs is 2. The standard InChI is InChI=1S/C20H28N2O4S/c23-18(24)13-22-9-6-20(7-10-22)15-12-17(27-16(15)5-11-26-20)19(25)21-8-4-14-2-1-3-14/h12,14H,1-11,13H2,(H,21,25)(H,23,24). The number of carboxylic acid groups (broad SMARTS) is 1.